The Morgan fingerprint density at radius 3 is 3.05 bits per heavy atom. The summed E-state index contributed by atoms with van der Waals surface area (Å²) in [6.45, 7) is 0.804. The molecule has 0 radical (unpaired) electrons. The second-order valence-electron chi connectivity index (χ2n) is 5.55. The maximum Gasteiger partial charge on any atom is 0.222 e. The quantitative estimate of drug-likeness (QED) is 0.911. The van der Waals surface area contributed by atoms with Crippen molar-refractivity contribution in [3.8, 4) is 0 Å². The van der Waals surface area contributed by atoms with Crippen molar-refractivity contribution in [3.63, 3.8) is 0 Å². The van der Waals surface area contributed by atoms with Crippen molar-refractivity contribution in [2.24, 2.45) is 0 Å². The fourth-order valence-corrected chi connectivity index (χ4v) is 4.26. The van der Waals surface area contributed by atoms with E-state index < -0.39 is 0 Å². The number of likely N-dealkylation sites (tertiary alicyclic amines) is 1. The lowest BCUT2D eigenvalue weighted by molar-refractivity contribution is -0.132. The molecule has 1 saturated heterocycles. The van der Waals surface area contributed by atoms with Gasteiger partial charge >= 0.3 is 0 Å². The van der Waals surface area contributed by atoms with E-state index in [1.54, 1.807) is 0 Å². The summed E-state index contributed by atoms with van der Waals surface area (Å²) < 4.78 is 0. The number of carbonyl (C=O) groups excluding carboxylic acids is 1. The highest BCUT2D eigenvalue weighted by Gasteiger charge is 2.27. The third kappa shape index (κ3) is 2.97. The van der Waals surface area contributed by atoms with E-state index in [2.05, 4.69) is 17.4 Å². The summed E-state index contributed by atoms with van der Waals surface area (Å²) in [6.07, 6.45) is 2.70. The fourth-order valence-electron chi connectivity index (χ4n) is 2.97. The minimum atomic E-state index is 0.255. The Labute approximate surface area is 129 Å². The minimum absolute atomic E-state index is 0.255. The van der Waals surface area contributed by atoms with Gasteiger partial charge in [0, 0.05) is 42.0 Å². The summed E-state index contributed by atoms with van der Waals surface area (Å²) in [4.78, 5) is 14.7. The molecular weight excluding hydrogens is 292 g/mol. The summed E-state index contributed by atoms with van der Waals surface area (Å²) in [5, 5.41) is 4.53. The van der Waals surface area contributed by atoms with E-state index in [0.717, 1.165) is 30.2 Å². The van der Waals surface area contributed by atoms with Crippen LogP contribution in [0.3, 0.4) is 0 Å². The van der Waals surface area contributed by atoms with Crippen molar-refractivity contribution >= 4 is 29.3 Å². The van der Waals surface area contributed by atoms with Crippen LogP contribution in [-0.2, 0) is 4.79 Å². The Balaban J connectivity index is 1.73. The van der Waals surface area contributed by atoms with Gasteiger partial charge in [-0.15, -0.1) is 11.8 Å². The van der Waals surface area contributed by atoms with E-state index in [0.29, 0.717) is 18.5 Å². The number of rotatable bonds is 2. The maximum absolute atomic E-state index is 11.6. The Morgan fingerprint density at radius 1 is 1.40 bits per heavy atom. The van der Waals surface area contributed by atoms with E-state index >= 15 is 0 Å². The number of nitrogens with one attached hydrogen (secondary N) is 1. The molecule has 1 aromatic rings. The first-order valence-electron chi connectivity index (χ1n) is 7.06. The Kier molecular flexibility index (Phi) is 4.24. The zero-order valence-corrected chi connectivity index (χ0v) is 13.1. The van der Waals surface area contributed by atoms with Crippen LogP contribution < -0.4 is 5.32 Å². The van der Waals surface area contributed by atoms with Crippen LogP contribution in [0.5, 0.6) is 0 Å². The number of amides is 1. The lowest BCUT2D eigenvalue weighted by Gasteiger charge is -2.35. The molecule has 0 aromatic heterocycles. The molecule has 108 valence electrons. The number of carbonyl (C=O) groups is 1. The van der Waals surface area contributed by atoms with Crippen molar-refractivity contribution in [3.05, 3.63) is 28.8 Å². The van der Waals surface area contributed by atoms with Gasteiger partial charge in [0.15, 0.2) is 0 Å². The van der Waals surface area contributed by atoms with Crippen LogP contribution in [-0.4, -0.2) is 36.2 Å². The van der Waals surface area contributed by atoms with Gasteiger partial charge in [-0.05, 0) is 42.4 Å². The highest BCUT2D eigenvalue weighted by Crippen LogP contribution is 2.38. The lowest BCUT2D eigenvalue weighted by atomic mass is 9.99. The molecule has 0 saturated carbocycles. The average molecular weight is 311 g/mol. The Hall–Kier alpha value is -0.710. The number of halogens is 1. The maximum atomic E-state index is 11.6. The normalized spacial score (nSPS) is 26.5. The molecule has 1 N–H and O–H groups in total. The van der Waals surface area contributed by atoms with Crippen molar-refractivity contribution in [2.45, 2.75) is 36.2 Å². The van der Waals surface area contributed by atoms with Gasteiger partial charge in [-0.3, -0.25) is 4.79 Å². The van der Waals surface area contributed by atoms with Crippen LogP contribution in [0.1, 0.15) is 30.9 Å². The number of benzene rings is 1. The van der Waals surface area contributed by atoms with Crippen molar-refractivity contribution in [1.29, 1.82) is 0 Å². The highest BCUT2D eigenvalue weighted by atomic mass is 35.5. The molecule has 2 heterocycles. The van der Waals surface area contributed by atoms with Gasteiger partial charge in [0.05, 0.1) is 0 Å². The van der Waals surface area contributed by atoms with Gasteiger partial charge in [-0.1, -0.05) is 11.6 Å². The largest absolute Gasteiger partial charge is 0.344 e. The first kappa shape index (κ1) is 14.2. The molecule has 1 aromatic carbocycles. The molecule has 2 atom stereocenters. The van der Waals surface area contributed by atoms with E-state index in [1.165, 1.54) is 10.5 Å². The molecule has 0 aliphatic carbocycles. The van der Waals surface area contributed by atoms with E-state index in [4.69, 9.17) is 11.6 Å². The smallest absolute Gasteiger partial charge is 0.222 e. The summed E-state index contributed by atoms with van der Waals surface area (Å²) in [5.74, 6) is 1.39. The monoisotopic (exact) mass is 310 g/mol. The first-order chi connectivity index (χ1) is 9.63. The van der Waals surface area contributed by atoms with Crippen LogP contribution in [0, 0.1) is 0 Å². The molecule has 1 amide bonds. The third-order valence-corrected chi connectivity index (χ3v) is 5.43. The van der Waals surface area contributed by atoms with Gasteiger partial charge in [-0.2, -0.15) is 0 Å². The number of nitrogens with zero attached hydrogens (tertiary/aromatic N) is 1. The molecule has 2 aliphatic rings. The van der Waals surface area contributed by atoms with Gasteiger partial charge in [-0.25, -0.2) is 0 Å². The van der Waals surface area contributed by atoms with Gasteiger partial charge in [0.25, 0.3) is 0 Å². The van der Waals surface area contributed by atoms with Crippen molar-refractivity contribution in [2.75, 3.05) is 19.3 Å². The first-order valence-corrected chi connectivity index (χ1v) is 8.42. The number of piperidine rings is 1. The summed E-state index contributed by atoms with van der Waals surface area (Å²) in [7, 11) is 1.89. The topological polar surface area (TPSA) is 32.3 Å². The SMILES string of the molecule is CN1CC(NC2CCSc3ccc(Cl)cc32)CCC1=O. The molecular formula is C15H19ClN2OS. The molecule has 3 rings (SSSR count). The van der Waals surface area contributed by atoms with Gasteiger partial charge in [0.1, 0.15) is 0 Å². The zero-order valence-electron chi connectivity index (χ0n) is 11.6. The summed E-state index contributed by atoms with van der Waals surface area (Å²) in [6, 6.07) is 6.91. The van der Waals surface area contributed by atoms with E-state index in [-0.39, 0.29) is 5.91 Å². The second kappa shape index (κ2) is 5.96. The Morgan fingerprint density at radius 2 is 2.25 bits per heavy atom. The highest BCUT2D eigenvalue weighted by molar-refractivity contribution is 7.99. The van der Waals surface area contributed by atoms with Crippen LogP contribution in [0.25, 0.3) is 0 Å². The number of fused-ring (bicyclic) bond motifs is 1. The zero-order chi connectivity index (χ0) is 14.1. The molecule has 0 bridgehead atoms. The molecule has 20 heavy (non-hydrogen) atoms. The Bertz CT molecular complexity index is 523. The molecule has 2 aliphatic heterocycles. The molecule has 5 heteroatoms. The van der Waals surface area contributed by atoms with Crippen molar-refractivity contribution < 1.29 is 4.79 Å². The third-order valence-electron chi connectivity index (χ3n) is 4.07. The molecule has 3 nitrogen and oxygen atoms in total. The van der Waals surface area contributed by atoms with Crippen LogP contribution in [0.15, 0.2) is 23.1 Å². The van der Waals surface area contributed by atoms with Crippen molar-refractivity contribution in [1.82, 2.24) is 10.2 Å². The predicted molar refractivity (Wildman–Crippen MR) is 83.3 cm³/mol. The lowest BCUT2D eigenvalue weighted by Crippen LogP contribution is -2.48. The standard InChI is InChI=1S/C15H19ClN2OS/c1-18-9-11(3-5-15(18)19)17-13-6-7-20-14-4-2-10(16)8-12(13)14/h2,4,8,11,13,17H,3,5-7,9H2,1H3. The second-order valence-corrected chi connectivity index (χ2v) is 7.12. The molecule has 1 fully saturated rings. The van der Waals surface area contributed by atoms with Crippen LogP contribution in [0.2, 0.25) is 5.02 Å². The van der Waals surface area contributed by atoms with Crippen LogP contribution >= 0.6 is 23.4 Å². The number of thioether (sulfide) groups is 1. The van der Waals surface area contributed by atoms with Crippen LogP contribution in [0.4, 0.5) is 0 Å². The fraction of sp³-hybridized carbons (Fsp3) is 0.533. The number of likely N-dealkylation sites (N-methyl/N-ethyl adjacent to an activating group) is 1. The van der Waals surface area contributed by atoms with Gasteiger partial charge in [0.2, 0.25) is 5.91 Å². The summed E-state index contributed by atoms with van der Waals surface area (Å²) >= 11 is 8.04. The number of hydrogen-bond acceptors (Lipinski definition) is 3. The van der Waals surface area contributed by atoms with E-state index in [9.17, 15) is 4.79 Å². The van der Waals surface area contributed by atoms with Gasteiger partial charge < -0.3 is 10.2 Å². The average Bonchev–Trinajstić information content (AvgIpc) is 2.44. The minimum Gasteiger partial charge on any atom is -0.344 e. The molecule has 2 unspecified atom stereocenters. The molecule has 0 spiro atoms. The summed E-state index contributed by atoms with van der Waals surface area (Å²) in [5.41, 5.74) is 1.31. The predicted octanol–water partition coefficient (Wildman–Crippen LogP) is 3.09. The van der Waals surface area contributed by atoms with E-state index in [1.807, 2.05) is 29.8 Å². The number of hydrogen-bond donors (Lipinski definition) is 1.